The van der Waals surface area contributed by atoms with E-state index in [0.717, 1.165) is 4.85 Å². The van der Waals surface area contributed by atoms with Gasteiger partial charge in [-0.25, -0.2) is 4.79 Å². The number of aromatic nitrogens is 3. The highest BCUT2D eigenvalue weighted by atomic mass is 16.7. The van der Waals surface area contributed by atoms with Crippen LogP contribution >= 0.6 is 0 Å². The van der Waals surface area contributed by atoms with Crippen LogP contribution in [0.2, 0.25) is 0 Å². The molecule has 76 valence electrons. The highest BCUT2D eigenvalue weighted by Crippen LogP contribution is 2.04. The molecule has 1 amide bonds. The first-order valence-corrected chi connectivity index (χ1v) is 4.25. The molecular weight excluding hydrogens is 196 g/mol. The van der Waals surface area contributed by atoms with E-state index in [-0.39, 0.29) is 0 Å². The first-order valence-electron chi connectivity index (χ1n) is 4.25. The van der Waals surface area contributed by atoms with E-state index in [1.165, 1.54) is 12.4 Å². The molecule has 0 spiro atoms. The standard InChI is InChI=1S/C9H8N4O2/c14-9(15-13-7-6-10-12-13)11-8-4-2-1-3-5-8/h1-7H,(H,11,14). The molecule has 0 bridgehead atoms. The summed E-state index contributed by atoms with van der Waals surface area (Å²) >= 11 is 0. The van der Waals surface area contributed by atoms with Gasteiger partial charge < -0.3 is 0 Å². The van der Waals surface area contributed by atoms with E-state index in [1.54, 1.807) is 12.1 Å². The molecular formula is C9H8N4O2. The topological polar surface area (TPSA) is 69.0 Å². The van der Waals surface area contributed by atoms with Crippen LogP contribution in [0.4, 0.5) is 10.5 Å². The Hall–Kier alpha value is -2.37. The quantitative estimate of drug-likeness (QED) is 0.739. The fraction of sp³-hybridized carbons (Fsp3) is 0. The van der Waals surface area contributed by atoms with Crippen molar-refractivity contribution in [3.8, 4) is 0 Å². The number of benzene rings is 1. The number of rotatable bonds is 2. The van der Waals surface area contributed by atoms with Gasteiger partial charge >= 0.3 is 6.09 Å². The van der Waals surface area contributed by atoms with E-state index in [1.807, 2.05) is 18.2 Å². The monoisotopic (exact) mass is 204 g/mol. The van der Waals surface area contributed by atoms with Crippen LogP contribution in [0.15, 0.2) is 42.7 Å². The average Bonchev–Trinajstić information content (AvgIpc) is 2.71. The maximum atomic E-state index is 11.3. The molecule has 1 aromatic carbocycles. The van der Waals surface area contributed by atoms with Gasteiger partial charge in [-0.3, -0.25) is 10.2 Å². The number of anilines is 1. The SMILES string of the molecule is O=C(Nc1ccccc1)On1ccnn1. The summed E-state index contributed by atoms with van der Waals surface area (Å²) in [5.74, 6) is 0. The van der Waals surface area contributed by atoms with E-state index in [9.17, 15) is 4.79 Å². The molecule has 15 heavy (non-hydrogen) atoms. The Labute approximate surface area is 85.4 Å². The van der Waals surface area contributed by atoms with Crippen LogP contribution in [0, 0.1) is 0 Å². The summed E-state index contributed by atoms with van der Waals surface area (Å²) in [5, 5.41) is 9.50. The molecule has 6 heteroatoms. The summed E-state index contributed by atoms with van der Waals surface area (Å²) in [4.78, 5) is 17.0. The number of amides is 1. The van der Waals surface area contributed by atoms with Crippen LogP contribution in [-0.4, -0.2) is 21.3 Å². The average molecular weight is 204 g/mol. The van der Waals surface area contributed by atoms with Crippen molar-refractivity contribution in [1.82, 2.24) is 15.2 Å². The van der Waals surface area contributed by atoms with Gasteiger partial charge in [0.25, 0.3) is 0 Å². The minimum atomic E-state index is -0.619. The minimum Gasteiger partial charge on any atom is -0.297 e. The van der Waals surface area contributed by atoms with Crippen molar-refractivity contribution in [2.75, 3.05) is 5.32 Å². The van der Waals surface area contributed by atoms with E-state index in [4.69, 9.17) is 4.84 Å². The lowest BCUT2D eigenvalue weighted by molar-refractivity contribution is 0.127. The summed E-state index contributed by atoms with van der Waals surface area (Å²) < 4.78 is 0. The Kier molecular flexibility index (Phi) is 2.59. The third-order valence-corrected chi connectivity index (χ3v) is 1.60. The zero-order chi connectivity index (χ0) is 10.5. The molecule has 0 aliphatic heterocycles. The second-order valence-corrected chi connectivity index (χ2v) is 2.68. The predicted molar refractivity (Wildman–Crippen MR) is 52.1 cm³/mol. The van der Waals surface area contributed by atoms with Crippen molar-refractivity contribution in [1.29, 1.82) is 0 Å². The lowest BCUT2D eigenvalue weighted by atomic mass is 10.3. The maximum absolute atomic E-state index is 11.3. The summed E-state index contributed by atoms with van der Waals surface area (Å²) in [5.41, 5.74) is 0.655. The van der Waals surface area contributed by atoms with Crippen LogP contribution in [0.5, 0.6) is 0 Å². The van der Waals surface area contributed by atoms with E-state index < -0.39 is 6.09 Å². The van der Waals surface area contributed by atoms with Gasteiger partial charge in [-0.1, -0.05) is 23.0 Å². The molecule has 0 fully saturated rings. The first-order chi connectivity index (χ1) is 7.34. The zero-order valence-corrected chi connectivity index (χ0v) is 7.70. The Morgan fingerprint density at radius 2 is 2.13 bits per heavy atom. The van der Waals surface area contributed by atoms with Crippen molar-refractivity contribution >= 4 is 11.8 Å². The molecule has 2 aromatic rings. The third kappa shape index (κ3) is 2.53. The summed E-state index contributed by atoms with van der Waals surface area (Å²) in [6, 6.07) is 8.98. The van der Waals surface area contributed by atoms with Crippen LogP contribution in [-0.2, 0) is 0 Å². The van der Waals surface area contributed by atoms with Crippen molar-refractivity contribution in [3.05, 3.63) is 42.7 Å². The number of para-hydroxylation sites is 1. The van der Waals surface area contributed by atoms with Crippen molar-refractivity contribution in [2.45, 2.75) is 0 Å². The Morgan fingerprint density at radius 3 is 2.80 bits per heavy atom. The predicted octanol–water partition coefficient (Wildman–Crippen LogP) is 0.939. The van der Waals surface area contributed by atoms with Crippen LogP contribution in [0.3, 0.4) is 0 Å². The second-order valence-electron chi connectivity index (χ2n) is 2.68. The highest BCUT2D eigenvalue weighted by molar-refractivity contribution is 5.84. The van der Waals surface area contributed by atoms with Gasteiger partial charge in [-0.15, -0.1) is 5.10 Å². The molecule has 0 saturated carbocycles. The number of hydrogen-bond donors (Lipinski definition) is 1. The third-order valence-electron chi connectivity index (χ3n) is 1.60. The summed E-state index contributed by atoms with van der Waals surface area (Å²) in [7, 11) is 0. The summed E-state index contributed by atoms with van der Waals surface area (Å²) in [6.45, 7) is 0. The van der Waals surface area contributed by atoms with Crippen molar-refractivity contribution in [3.63, 3.8) is 0 Å². The Bertz CT molecular complexity index is 427. The number of nitrogens with zero attached hydrogens (tertiary/aromatic N) is 3. The molecule has 0 radical (unpaired) electrons. The van der Waals surface area contributed by atoms with Gasteiger partial charge in [0.2, 0.25) is 0 Å². The summed E-state index contributed by atoms with van der Waals surface area (Å²) in [6.07, 6.45) is 2.21. The van der Waals surface area contributed by atoms with Gasteiger partial charge in [0.1, 0.15) is 0 Å². The molecule has 1 aromatic heterocycles. The number of hydrogen-bond acceptors (Lipinski definition) is 4. The molecule has 0 aliphatic carbocycles. The van der Waals surface area contributed by atoms with Crippen molar-refractivity contribution < 1.29 is 9.63 Å². The van der Waals surface area contributed by atoms with E-state index >= 15 is 0 Å². The van der Waals surface area contributed by atoms with E-state index in [0.29, 0.717) is 5.69 Å². The van der Waals surface area contributed by atoms with Gasteiger partial charge in [0.15, 0.2) is 0 Å². The lowest BCUT2D eigenvalue weighted by Crippen LogP contribution is -2.25. The second kappa shape index (κ2) is 4.23. The van der Waals surface area contributed by atoms with Gasteiger partial charge in [0.05, 0.1) is 12.4 Å². The molecule has 0 unspecified atom stereocenters. The highest BCUT2D eigenvalue weighted by Gasteiger charge is 2.03. The molecule has 6 nitrogen and oxygen atoms in total. The van der Waals surface area contributed by atoms with Crippen molar-refractivity contribution in [2.24, 2.45) is 0 Å². The molecule has 0 saturated heterocycles. The fourth-order valence-electron chi connectivity index (χ4n) is 0.993. The Balaban J connectivity index is 1.94. The minimum absolute atomic E-state index is 0.619. The Morgan fingerprint density at radius 1 is 1.33 bits per heavy atom. The number of carbonyl (C=O) groups is 1. The van der Waals surface area contributed by atoms with Crippen LogP contribution in [0.25, 0.3) is 0 Å². The molecule has 0 aliphatic rings. The normalized spacial score (nSPS) is 9.60. The first kappa shape index (κ1) is 9.20. The zero-order valence-electron chi connectivity index (χ0n) is 7.70. The van der Waals surface area contributed by atoms with E-state index in [2.05, 4.69) is 15.6 Å². The fourth-order valence-corrected chi connectivity index (χ4v) is 0.993. The van der Waals surface area contributed by atoms with Gasteiger partial charge in [-0.2, -0.15) is 0 Å². The van der Waals surface area contributed by atoms with Crippen LogP contribution < -0.4 is 10.2 Å². The molecule has 1 N–H and O–H groups in total. The smallest absolute Gasteiger partial charge is 0.297 e. The number of nitrogens with one attached hydrogen (secondary N) is 1. The van der Waals surface area contributed by atoms with Gasteiger partial charge in [0, 0.05) is 5.69 Å². The molecule has 1 heterocycles. The molecule has 2 rings (SSSR count). The molecule has 0 atom stereocenters. The number of carbonyl (C=O) groups excluding carboxylic acids is 1. The largest absolute Gasteiger partial charge is 0.437 e. The lowest BCUT2D eigenvalue weighted by Gasteiger charge is -2.03. The van der Waals surface area contributed by atoms with Gasteiger partial charge in [-0.05, 0) is 17.3 Å². The maximum Gasteiger partial charge on any atom is 0.437 e. The van der Waals surface area contributed by atoms with Crippen LogP contribution in [0.1, 0.15) is 0 Å².